The molecule has 4 nitrogen and oxygen atoms in total. The van der Waals surface area contributed by atoms with Gasteiger partial charge in [0.2, 0.25) is 0 Å². The van der Waals surface area contributed by atoms with Crippen molar-refractivity contribution in [1.29, 1.82) is 0 Å². The first-order chi connectivity index (χ1) is 11.5. The third-order valence-electron chi connectivity index (χ3n) is 4.53. The van der Waals surface area contributed by atoms with Gasteiger partial charge in [0.05, 0.1) is 0 Å². The van der Waals surface area contributed by atoms with Crippen LogP contribution in [0.15, 0.2) is 27.7 Å². The summed E-state index contributed by atoms with van der Waals surface area (Å²) in [4.78, 5) is 6.96. The molecule has 0 bridgehead atoms. The molecular weight excluding hydrogens is 364 g/mol. The molecule has 2 N–H and O–H groups in total. The molecule has 1 saturated heterocycles. The van der Waals surface area contributed by atoms with Crippen molar-refractivity contribution in [2.45, 2.75) is 46.2 Å². The minimum Gasteiger partial charge on any atom is -0.354 e. The van der Waals surface area contributed by atoms with Gasteiger partial charge in [0.1, 0.15) is 0 Å². The minimum atomic E-state index is 0.519. The highest BCUT2D eigenvalue weighted by Gasteiger charge is 2.20. The molecule has 1 aliphatic heterocycles. The van der Waals surface area contributed by atoms with Crippen LogP contribution in [0.2, 0.25) is 0 Å². The summed E-state index contributed by atoms with van der Waals surface area (Å²) < 4.78 is 1.12. The monoisotopic (exact) mass is 394 g/mol. The van der Waals surface area contributed by atoms with Crippen molar-refractivity contribution in [3.8, 4) is 0 Å². The molecule has 1 fully saturated rings. The molecular formula is C19H31BrN4. The molecule has 0 aliphatic carbocycles. The Morgan fingerprint density at radius 2 is 2.04 bits per heavy atom. The molecule has 0 atom stereocenters. The molecule has 5 heteroatoms. The second-order valence-corrected chi connectivity index (χ2v) is 8.03. The number of guanidine groups is 1. The van der Waals surface area contributed by atoms with E-state index in [2.05, 4.69) is 75.4 Å². The number of rotatable bonds is 5. The van der Waals surface area contributed by atoms with Crippen molar-refractivity contribution < 1.29 is 0 Å². The Morgan fingerprint density at radius 1 is 1.33 bits per heavy atom. The summed E-state index contributed by atoms with van der Waals surface area (Å²) in [5, 5.41) is 7.03. The summed E-state index contributed by atoms with van der Waals surface area (Å²) >= 11 is 3.51. The lowest BCUT2D eigenvalue weighted by atomic mass is 10.0. The van der Waals surface area contributed by atoms with Gasteiger partial charge in [-0.15, -0.1) is 0 Å². The predicted molar refractivity (Wildman–Crippen MR) is 107 cm³/mol. The largest absolute Gasteiger partial charge is 0.354 e. The van der Waals surface area contributed by atoms with Crippen molar-refractivity contribution in [1.82, 2.24) is 15.5 Å². The zero-order valence-electron chi connectivity index (χ0n) is 15.4. The number of piperidine rings is 1. The molecule has 0 aromatic heterocycles. The van der Waals surface area contributed by atoms with Crippen molar-refractivity contribution in [2.24, 2.45) is 10.9 Å². The summed E-state index contributed by atoms with van der Waals surface area (Å²) in [6, 6.07) is 6.91. The molecule has 134 valence electrons. The average Bonchev–Trinajstić information content (AvgIpc) is 2.54. The highest BCUT2D eigenvalue weighted by atomic mass is 79.9. The van der Waals surface area contributed by atoms with E-state index >= 15 is 0 Å². The number of aliphatic imine (C=N–C) groups is 1. The van der Waals surface area contributed by atoms with E-state index in [0.29, 0.717) is 6.04 Å². The molecule has 1 aromatic carbocycles. The molecule has 1 aliphatic rings. The van der Waals surface area contributed by atoms with Gasteiger partial charge in [-0.05, 0) is 48.9 Å². The Bertz CT molecular complexity index is 548. The number of likely N-dealkylation sites (tertiary alicyclic amines) is 1. The zero-order valence-corrected chi connectivity index (χ0v) is 17.0. The van der Waals surface area contributed by atoms with Crippen LogP contribution in [0.5, 0.6) is 0 Å². The first-order valence-corrected chi connectivity index (χ1v) is 9.71. The lowest BCUT2D eigenvalue weighted by Crippen LogP contribution is -2.49. The van der Waals surface area contributed by atoms with Gasteiger partial charge in [0, 0.05) is 43.7 Å². The molecule has 0 saturated carbocycles. The van der Waals surface area contributed by atoms with E-state index in [-0.39, 0.29) is 0 Å². The van der Waals surface area contributed by atoms with Crippen LogP contribution in [0.4, 0.5) is 0 Å². The van der Waals surface area contributed by atoms with Crippen LogP contribution in [0.25, 0.3) is 0 Å². The lowest BCUT2D eigenvalue weighted by Gasteiger charge is -2.34. The highest BCUT2D eigenvalue weighted by molar-refractivity contribution is 9.10. The first-order valence-electron chi connectivity index (χ1n) is 8.92. The van der Waals surface area contributed by atoms with Crippen LogP contribution in [-0.4, -0.2) is 43.6 Å². The molecule has 2 rings (SSSR count). The Kier molecular flexibility index (Phi) is 7.56. The maximum absolute atomic E-state index is 4.38. The maximum atomic E-state index is 4.38. The summed E-state index contributed by atoms with van der Waals surface area (Å²) in [7, 11) is 1.84. The van der Waals surface area contributed by atoms with Crippen molar-refractivity contribution >= 4 is 21.9 Å². The van der Waals surface area contributed by atoms with Crippen molar-refractivity contribution in [3.63, 3.8) is 0 Å². The average molecular weight is 395 g/mol. The lowest BCUT2D eigenvalue weighted by molar-refractivity contribution is 0.187. The van der Waals surface area contributed by atoms with E-state index in [4.69, 9.17) is 0 Å². The fraction of sp³-hybridized carbons (Fsp3) is 0.632. The number of hydrogen-bond acceptors (Lipinski definition) is 2. The number of nitrogens with one attached hydrogen (secondary N) is 2. The molecule has 1 heterocycles. The van der Waals surface area contributed by atoms with E-state index in [1.54, 1.807) is 0 Å². The third-order valence-corrected chi connectivity index (χ3v) is 5.02. The summed E-state index contributed by atoms with van der Waals surface area (Å²) in [6.07, 6.45) is 2.37. The van der Waals surface area contributed by atoms with Gasteiger partial charge in [-0.1, -0.05) is 35.8 Å². The van der Waals surface area contributed by atoms with Gasteiger partial charge >= 0.3 is 0 Å². The number of nitrogens with zero attached hydrogens (tertiary/aromatic N) is 2. The van der Waals surface area contributed by atoms with Crippen LogP contribution in [0, 0.1) is 12.8 Å². The fourth-order valence-electron chi connectivity index (χ4n) is 3.20. The van der Waals surface area contributed by atoms with E-state index in [0.717, 1.165) is 22.9 Å². The Morgan fingerprint density at radius 3 is 2.62 bits per heavy atom. The van der Waals surface area contributed by atoms with Crippen LogP contribution >= 0.6 is 15.9 Å². The molecule has 24 heavy (non-hydrogen) atoms. The van der Waals surface area contributed by atoms with Gasteiger partial charge in [-0.2, -0.15) is 0 Å². The maximum Gasteiger partial charge on any atom is 0.191 e. The Balaban J connectivity index is 1.79. The topological polar surface area (TPSA) is 39.7 Å². The van der Waals surface area contributed by atoms with Gasteiger partial charge in [-0.3, -0.25) is 4.99 Å². The minimum absolute atomic E-state index is 0.519. The summed E-state index contributed by atoms with van der Waals surface area (Å²) in [6.45, 7) is 11.1. The molecule has 0 radical (unpaired) electrons. The normalized spacial score (nSPS) is 17.3. The molecule has 0 spiro atoms. The summed E-state index contributed by atoms with van der Waals surface area (Å²) in [5.74, 6) is 1.65. The summed E-state index contributed by atoms with van der Waals surface area (Å²) in [5.41, 5.74) is 2.59. The SMILES string of the molecule is CN=C(NCc1ccc(Br)cc1C)NC1CCN(CC(C)C)CC1. The standard InChI is InChI=1S/C19H31BrN4/c1-14(2)13-24-9-7-18(8-10-24)23-19(21-4)22-12-16-5-6-17(20)11-15(16)3/h5-6,11,14,18H,7-10,12-13H2,1-4H3,(H2,21,22,23). The van der Waals surface area contributed by atoms with E-state index < -0.39 is 0 Å². The van der Waals surface area contributed by atoms with Crippen molar-refractivity contribution in [3.05, 3.63) is 33.8 Å². The van der Waals surface area contributed by atoms with Gasteiger partial charge in [-0.25, -0.2) is 0 Å². The van der Waals surface area contributed by atoms with E-state index in [9.17, 15) is 0 Å². The Labute approximate surface area is 155 Å². The second-order valence-electron chi connectivity index (χ2n) is 7.11. The molecule has 0 amide bonds. The Hall–Kier alpha value is -1.07. The number of benzene rings is 1. The number of aryl methyl sites for hydroxylation is 1. The highest BCUT2D eigenvalue weighted by Crippen LogP contribution is 2.16. The molecule has 1 aromatic rings. The third kappa shape index (κ3) is 6.10. The van der Waals surface area contributed by atoms with Crippen LogP contribution < -0.4 is 10.6 Å². The number of halogens is 1. The number of hydrogen-bond donors (Lipinski definition) is 2. The quantitative estimate of drug-likeness (QED) is 0.592. The van der Waals surface area contributed by atoms with Crippen LogP contribution in [0.1, 0.15) is 37.8 Å². The second kappa shape index (κ2) is 9.42. The van der Waals surface area contributed by atoms with E-state index in [1.807, 2.05) is 7.05 Å². The predicted octanol–water partition coefficient (Wildman–Crippen LogP) is 3.54. The fourth-order valence-corrected chi connectivity index (χ4v) is 3.68. The van der Waals surface area contributed by atoms with Crippen molar-refractivity contribution in [2.75, 3.05) is 26.7 Å². The van der Waals surface area contributed by atoms with Gasteiger partial charge in [0.15, 0.2) is 5.96 Å². The van der Waals surface area contributed by atoms with Gasteiger partial charge in [0.25, 0.3) is 0 Å². The van der Waals surface area contributed by atoms with E-state index in [1.165, 1.54) is 43.6 Å². The zero-order chi connectivity index (χ0) is 17.5. The first kappa shape index (κ1) is 19.3. The van der Waals surface area contributed by atoms with Crippen LogP contribution in [0.3, 0.4) is 0 Å². The smallest absolute Gasteiger partial charge is 0.191 e. The van der Waals surface area contributed by atoms with Crippen LogP contribution in [-0.2, 0) is 6.54 Å². The molecule has 0 unspecified atom stereocenters. The van der Waals surface area contributed by atoms with Gasteiger partial charge < -0.3 is 15.5 Å².